The smallest absolute Gasteiger partial charge is 0.350 e. The van der Waals surface area contributed by atoms with Gasteiger partial charge in [-0.15, -0.1) is 0 Å². The van der Waals surface area contributed by atoms with Crippen LogP contribution in [0.2, 0.25) is 0 Å². The molecule has 1 aliphatic rings. The minimum atomic E-state index is -1.27. The van der Waals surface area contributed by atoms with E-state index in [0.29, 0.717) is 9.26 Å². The van der Waals surface area contributed by atoms with Gasteiger partial charge in [-0.3, -0.25) is 0 Å². The Morgan fingerprint density at radius 1 is 1.25 bits per heavy atom. The Kier molecular flexibility index (Phi) is 3.98. The molecule has 0 radical (unpaired) electrons. The maximum atomic E-state index is 13.0. The molecule has 20 heavy (non-hydrogen) atoms. The first kappa shape index (κ1) is 14.8. The van der Waals surface area contributed by atoms with Crippen LogP contribution in [0.5, 0.6) is 0 Å². The van der Waals surface area contributed by atoms with E-state index in [9.17, 15) is 14.0 Å². The molecular formula is C13H11FINO4. The van der Waals surface area contributed by atoms with Crippen molar-refractivity contribution in [2.45, 2.75) is 19.6 Å². The minimum absolute atomic E-state index is 0.246. The van der Waals surface area contributed by atoms with Crippen LogP contribution >= 0.6 is 22.6 Å². The van der Waals surface area contributed by atoms with Crippen LogP contribution in [0.15, 0.2) is 30.0 Å². The molecule has 1 heterocycles. The Morgan fingerprint density at radius 3 is 2.40 bits per heavy atom. The lowest BCUT2D eigenvalue weighted by Crippen LogP contribution is -2.42. The molecule has 5 nitrogen and oxygen atoms in total. The van der Waals surface area contributed by atoms with Crippen molar-refractivity contribution in [3.63, 3.8) is 0 Å². The number of rotatable bonds is 2. The number of anilines is 1. The van der Waals surface area contributed by atoms with E-state index in [1.165, 1.54) is 38.2 Å². The zero-order valence-corrected chi connectivity index (χ0v) is 12.9. The second kappa shape index (κ2) is 5.39. The van der Waals surface area contributed by atoms with E-state index in [-0.39, 0.29) is 11.4 Å². The van der Waals surface area contributed by atoms with Crippen molar-refractivity contribution in [2.75, 3.05) is 5.32 Å². The Bertz CT molecular complexity index is 590. The zero-order chi connectivity index (χ0) is 14.9. The zero-order valence-electron chi connectivity index (χ0n) is 10.7. The number of benzene rings is 1. The quantitative estimate of drug-likeness (QED) is 0.364. The standard InChI is InChI=1S/C13H11FINO4/c1-13(2)19-11(17)8(12(18)20-13)6-16-10-4-3-7(14)5-9(10)15/h3-6,16H,1-2H3. The summed E-state index contributed by atoms with van der Waals surface area (Å²) < 4.78 is 23.4. The molecule has 1 aromatic carbocycles. The Morgan fingerprint density at radius 2 is 1.85 bits per heavy atom. The van der Waals surface area contributed by atoms with E-state index >= 15 is 0 Å². The van der Waals surface area contributed by atoms with Gasteiger partial charge in [0.2, 0.25) is 0 Å². The van der Waals surface area contributed by atoms with E-state index in [2.05, 4.69) is 5.32 Å². The second-order valence-corrected chi connectivity index (χ2v) is 5.67. The molecule has 0 amide bonds. The molecule has 1 saturated heterocycles. The second-order valence-electron chi connectivity index (χ2n) is 4.51. The number of ether oxygens (including phenoxy) is 2. The molecule has 0 unspecified atom stereocenters. The molecule has 2 rings (SSSR count). The number of esters is 2. The fraction of sp³-hybridized carbons (Fsp3) is 0.231. The van der Waals surface area contributed by atoms with Crippen LogP contribution in [0.1, 0.15) is 13.8 Å². The third kappa shape index (κ3) is 3.27. The highest BCUT2D eigenvalue weighted by Gasteiger charge is 2.38. The van der Waals surface area contributed by atoms with Crippen molar-refractivity contribution in [1.82, 2.24) is 0 Å². The summed E-state index contributed by atoms with van der Waals surface area (Å²) in [5, 5.41) is 2.76. The third-order valence-corrected chi connectivity index (χ3v) is 3.31. The van der Waals surface area contributed by atoms with Crippen molar-refractivity contribution >= 4 is 40.2 Å². The highest BCUT2D eigenvalue weighted by atomic mass is 127. The summed E-state index contributed by atoms with van der Waals surface area (Å²) in [7, 11) is 0. The molecule has 0 bridgehead atoms. The number of cyclic esters (lactones) is 2. The molecule has 1 N–H and O–H groups in total. The number of carbonyl (C=O) groups excluding carboxylic acids is 2. The van der Waals surface area contributed by atoms with Crippen molar-refractivity contribution in [3.05, 3.63) is 39.4 Å². The predicted molar refractivity (Wildman–Crippen MR) is 77.1 cm³/mol. The van der Waals surface area contributed by atoms with Gasteiger partial charge in [0.25, 0.3) is 5.79 Å². The summed E-state index contributed by atoms with van der Waals surface area (Å²) in [6.07, 6.45) is 1.19. The van der Waals surface area contributed by atoms with Crippen LogP contribution in [0.4, 0.5) is 10.1 Å². The fourth-order valence-corrected chi connectivity index (χ4v) is 2.17. The van der Waals surface area contributed by atoms with Gasteiger partial charge in [0, 0.05) is 23.6 Å². The summed E-state index contributed by atoms with van der Waals surface area (Å²) in [5.74, 6) is -3.17. The monoisotopic (exact) mass is 391 g/mol. The molecule has 0 saturated carbocycles. The van der Waals surface area contributed by atoms with E-state index in [1.54, 1.807) is 0 Å². The highest BCUT2D eigenvalue weighted by molar-refractivity contribution is 14.1. The molecule has 0 aromatic heterocycles. The van der Waals surface area contributed by atoms with E-state index in [0.717, 1.165) is 0 Å². The average molecular weight is 391 g/mol. The largest absolute Gasteiger partial charge is 0.419 e. The number of carbonyl (C=O) groups is 2. The van der Waals surface area contributed by atoms with E-state index in [4.69, 9.17) is 9.47 Å². The predicted octanol–water partition coefficient (Wildman–Crippen LogP) is 2.56. The summed E-state index contributed by atoms with van der Waals surface area (Å²) in [6.45, 7) is 2.94. The van der Waals surface area contributed by atoms with Gasteiger partial charge in [-0.05, 0) is 40.8 Å². The van der Waals surface area contributed by atoms with Crippen LogP contribution in [0, 0.1) is 9.39 Å². The Hall–Kier alpha value is -1.64. The Labute approximate surface area is 128 Å². The van der Waals surface area contributed by atoms with Gasteiger partial charge in [0.1, 0.15) is 5.82 Å². The first-order valence-corrected chi connectivity index (χ1v) is 6.75. The molecule has 1 aliphatic heterocycles. The molecular weight excluding hydrogens is 380 g/mol. The first-order chi connectivity index (χ1) is 9.28. The van der Waals surface area contributed by atoms with Crippen molar-refractivity contribution in [2.24, 2.45) is 0 Å². The minimum Gasteiger partial charge on any atom is -0.419 e. The summed E-state index contributed by atoms with van der Waals surface area (Å²) in [5.41, 5.74) is 0.314. The molecule has 0 aliphatic carbocycles. The lowest BCUT2D eigenvalue weighted by Gasteiger charge is -2.29. The van der Waals surface area contributed by atoms with Gasteiger partial charge >= 0.3 is 11.9 Å². The maximum Gasteiger partial charge on any atom is 0.350 e. The first-order valence-electron chi connectivity index (χ1n) is 5.67. The van der Waals surface area contributed by atoms with Crippen molar-refractivity contribution in [3.8, 4) is 0 Å². The fourth-order valence-electron chi connectivity index (χ4n) is 1.53. The molecule has 1 fully saturated rings. The topological polar surface area (TPSA) is 64.6 Å². The van der Waals surface area contributed by atoms with Gasteiger partial charge in [0.05, 0.1) is 5.69 Å². The molecule has 0 atom stereocenters. The number of nitrogens with one attached hydrogen (secondary N) is 1. The van der Waals surface area contributed by atoms with Crippen LogP contribution in [0.3, 0.4) is 0 Å². The molecule has 7 heteroatoms. The van der Waals surface area contributed by atoms with E-state index in [1.807, 2.05) is 22.6 Å². The third-order valence-electron chi connectivity index (χ3n) is 2.42. The van der Waals surface area contributed by atoms with Gasteiger partial charge in [-0.1, -0.05) is 0 Å². The van der Waals surface area contributed by atoms with E-state index < -0.39 is 17.7 Å². The van der Waals surface area contributed by atoms with Crippen LogP contribution in [-0.2, 0) is 19.1 Å². The molecule has 1 aromatic rings. The van der Waals surface area contributed by atoms with Crippen molar-refractivity contribution in [1.29, 1.82) is 0 Å². The van der Waals surface area contributed by atoms with Gasteiger partial charge in [0.15, 0.2) is 5.57 Å². The maximum absolute atomic E-state index is 13.0. The molecule has 0 spiro atoms. The average Bonchev–Trinajstić information content (AvgIpc) is 2.28. The Balaban J connectivity index is 2.19. The lowest BCUT2D eigenvalue weighted by atomic mass is 10.2. The number of hydrogen-bond acceptors (Lipinski definition) is 5. The van der Waals surface area contributed by atoms with Crippen LogP contribution in [0.25, 0.3) is 0 Å². The van der Waals surface area contributed by atoms with Gasteiger partial charge in [-0.2, -0.15) is 0 Å². The van der Waals surface area contributed by atoms with Gasteiger partial charge in [-0.25, -0.2) is 14.0 Å². The summed E-state index contributed by atoms with van der Waals surface area (Å²) in [6, 6.07) is 4.09. The van der Waals surface area contributed by atoms with Crippen LogP contribution < -0.4 is 5.32 Å². The van der Waals surface area contributed by atoms with Crippen molar-refractivity contribution < 1.29 is 23.5 Å². The summed E-state index contributed by atoms with van der Waals surface area (Å²) >= 11 is 1.93. The highest BCUT2D eigenvalue weighted by Crippen LogP contribution is 2.24. The van der Waals surface area contributed by atoms with Crippen LogP contribution in [-0.4, -0.2) is 17.7 Å². The lowest BCUT2D eigenvalue weighted by molar-refractivity contribution is -0.222. The summed E-state index contributed by atoms with van der Waals surface area (Å²) in [4.78, 5) is 23.4. The normalized spacial score (nSPS) is 17.3. The number of hydrogen-bond donors (Lipinski definition) is 1. The van der Waals surface area contributed by atoms with Gasteiger partial charge < -0.3 is 14.8 Å². The SMILES string of the molecule is CC1(C)OC(=O)C(=CNc2ccc(F)cc2I)C(=O)O1. The molecule has 106 valence electrons. The number of halogens is 2.